The van der Waals surface area contributed by atoms with Crippen LogP contribution >= 0.6 is 0 Å². The van der Waals surface area contributed by atoms with Crippen molar-refractivity contribution in [3.05, 3.63) is 47.0 Å². The first-order valence-electron chi connectivity index (χ1n) is 6.78. The number of hydrogen-bond acceptors (Lipinski definition) is 1. The second-order valence-electron chi connectivity index (χ2n) is 5.39. The van der Waals surface area contributed by atoms with Crippen molar-refractivity contribution in [2.75, 3.05) is 0 Å². The Labute approximate surface area is 103 Å². The normalized spacial score (nSPS) is 25.2. The number of hydrogen-bond donors (Lipinski definition) is 1. The van der Waals surface area contributed by atoms with E-state index in [2.05, 4.69) is 30.3 Å². The highest BCUT2D eigenvalue weighted by Crippen LogP contribution is 2.33. The summed E-state index contributed by atoms with van der Waals surface area (Å²) < 4.78 is 0. The van der Waals surface area contributed by atoms with Gasteiger partial charge in [0.2, 0.25) is 0 Å². The van der Waals surface area contributed by atoms with E-state index in [1.54, 1.807) is 0 Å². The van der Waals surface area contributed by atoms with Crippen molar-refractivity contribution >= 4 is 0 Å². The van der Waals surface area contributed by atoms with Gasteiger partial charge < -0.3 is 5.11 Å². The van der Waals surface area contributed by atoms with Crippen LogP contribution in [0.1, 0.15) is 36.8 Å². The average molecular weight is 228 g/mol. The van der Waals surface area contributed by atoms with Gasteiger partial charge in [0.05, 0.1) is 6.10 Å². The lowest BCUT2D eigenvalue weighted by Gasteiger charge is -2.29. The van der Waals surface area contributed by atoms with Gasteiger partial charge in [-0.2, -0.15) is 0 Å². The van der Waals surface area contributed by atoms with Crippen molar-refractivity contribution in [2.24, 2.45) is 5.92 Å². The predicted octanol–water partition coefficient (Wildman–Crippen LogP) is 3.26. The second kappa shape index (κ2) is 4.66. The molecular weight excluding hydrogens is 208 g/mol. The zero-order chi connectivity index (χ0) is 11.7. The molecule has 0 radical (unpaired) electrons. The third-order valence-corrected chi connectivity index (χ3v) is 4.29. The molecule has 2 atom stereocenters. The molecule has 3 rings (SSSR count). The lowest BCUT2D eigenvalue weighted by Crippen LogP contribution is -2.27. The number of rotatable bonds is 2. The van der Waals surface area contributed by atoms with Gasteiger partial charge in [-0.3, -0.25) is 0 Å². The van der Waals surface area contributed by atoms with Gasteiger partial charge in [-0.25, -0.2) is 0 Å². The summed E-state index contributed by atoms with van der Waals surface area (Å²) in [7, 11) is 0. The summed E-state index contributed by atoms with van der Waals surface area (Å²) in [5.41, 5.74) is 4.23. The zero-order valence-corrected chi connectivity index (χ0v) is 10.2. The number of aliphatic hydroxyl groups is 1. The fourth-order valence-corrected chi connectivity index (χ4v) is 3.26. The van der Waals surface area contributed by atoms with Crippen LogP contribution in [-0.4, -0.2) is 11.2 Å². The summed E-state index contributed by atoms with van der Waals surface area (Å²) in [5, 5.41) is 10.4. The van der Waals surface area contributed by atoms with Crippen LogP contribution in [0.4, 0.5) is 0 Å². The van der Waals surface area contributed by atoms with E-state index in [0.717, 1.165) is 32.1 Å². The molecule has 1 aromatic rings. The first-order valence-corrected chi connectivity index (χ1v) is 6.78. The highest BCUT2D eigenvalue weighted by molar-refractivity contribution is 5.30. The molecule has 0 saturated carbocycles. The Hall–Kier alpha value is -1.08. The van der Waals surface area contributed by atoms with E-state index < -0.39 is 0 Å². The third-order valence-electron chi connectivity index (χ3n) is 4.29. The maximum Gasteiger partial charge on any atom is 0.0781 e. The molecule has 0 aliphatic heterocycles. The number of aliphatic hydroxyl groups excluding tert-OH is 1. The highest BCUT2D eigenvalue weighted by Gasteiger charge is 2.27. The lowest BCUT2D eigenvalue weighted by atomic mass is 9.79. The summed E-state index contributed by atoms with van der Waals surface area (Å²) in [6.45, 7) is 0. The first kappa shape index (κ1) is 11.0. The number of benzene rings is 1. The second-order valence-corrected chi connectivity index (χ2v) is 5.39. The Bertz CT molecular complexity index is 433. The van der Waals surface area contributed by atoms with Crippen LogP contribution in [0.15, 0.2) is 35.9 Å². The summed E-state index contributed by atoms with van der Waals surface area (Å²) in [6, 6.07) is 8.68. The molecule has 0 bridgehead atoms. The van der Waals surface area contributed by atoms with Gasteiger partial charge in [0, 0.05) is 0 Å². The molecule has 0 heterocycles. The van der Waals surface area contributed by atoms with Gasteiger partial charge in [-0.05, 0) is 61.1 Å². The van der Waals surface area contributed by atoms with Gasteiger partial charge in [0.1, 0.15) is 0 Å². The molecule has 2 aliphatic rings. The maximum absolute atomic E-state index is 10.4. The van der Waals surface area contributed by atoms with Gasteiger partial charge in [0.25, 0.3) is 0 Å². The summed E-state index contributed by atoms with van der Waals surface area (Å²) in [5.74, 6) is 0.439. The Balaban J connectivity index is 1.75. The van der Waals surface area contributed by atoms with Crippen LogP contribution in [0.3, 0.4) is 0 Å². The molecule has 1 N–H and O–H groups in total. The van der Waals surface area contributed by atoms with Crippen molar-refractivity contribution in [1.82, 2.24) is 0 Å². The molecule has 0 spiro atoms. The fraction of sp³-hybridized carbons (Fsp3) is 0.500. The van der Waals surface area contributed by atoms with Crippen LogP contribution in [0, 0.1) is 5.92 Å². The minimum atomic E-state index is -0.189. The standard InChI is InChI=1S/C16H20O/c17-16(13-6-2-3-7-13)15-10-9-12-5-1-4-8-14(12)11-15/h1,4-6,8,15-17H,2-3,7,9-11H2. The molecule has 1 nitrogen and oxygen atoms in total. The Kier molecular flexibility index (Phi) is 3.02. The number of fused-ring (bicyclic) bond motifs is 1. The number of allylic oxidation sites excluding steroid dienone is 1. The number of aryl methyl sites for hydroxylation is 1. The maximum atomic E-state index is 10.4. The summed E-state index contributed by atoms with van der Waals surface area (Å²) in [4.78, 5) is 0. The largest absolute Gasteiger partial charge is 0.388 e. The van der Waals surface area contributed by atoms with Gasteiger partial charge in [-0.1, -0.05) is 30.3 Å². The molecule has 2 aliphatic carbocycles. The third kappa shape index (κ3) is 2.16. The van der Waals surface area contributed by atoms with Crippen LogP contribution in [-0.2, 0) is 12.8 Å². The lowest BCUT2D eigenvalue weighted by molar-refractivity contribution is 0.129. The van der Waals surface area contributed by atoms with Gasteiger partial charge >= 0.3 is 0 Å². The predicted molar refractivity (Wildman–Crippen MR) is 69.9 cm³/mol. The van der Waals surface area contributed by atoms with Crippen LogP contribution in [0.25, 0.3) is 0 Å². The van der Waals surface area contributed by atoms with E-state index in [9.17, 15) is 5.11 Å². The molecule has 0 aromatic heterocycles. The molecule has 17 heavy (non-hydrogen) atoms. The van der Waals surface area contributed by atoms with E-state index >= 15 is 0 Å². The van der Waals surface area contributed by atoms with Crippen molar-refractivity contribution < 1.29 is 5.11 Å². The van der Waals surface area contributed by atoms with E-state index in [1.807, 2.05) is 0 Å². The minimum absolute atomic E-state index is 0.189. The molecule has 0 amide bonds. The molecule has 2 unspecified atom stereocenters. The van der Waals surface area contributed by atoms with Crippen molar-refractivity contribution in [2.45, 2.75) is 44.6 Å². The minimum Gasteiger partial charge on any atom is -0.388 e. The molecule has 1 aromatic carbocycles. The topological polar surface area (TPSA) is 20.2 Å². The van der Waals surface area contributed by atoms with Crippen LogP contribution in [0.2, 0.25) is 0 Å². The quantitative estimate of drug-likeness (QED) is 0.770. The molecular formula is C16H20O. The van der Waals surface area contributed by atoms with Crippen molar-refractivity contribution in [3.63, 3.8) is 0 Å². The van der Waals surface area contributed by atoms with Gasteiger partial charge in [-0.15, -0.1) is 0 Å². The highest BCUT2D eigenvalue weighted by atomic mass is 16.3. The molecule has 0 fully saturated rings. The van der Waals surface area contributed by atoms with E-state index in [0.29, 0.717) is 5.92 Å². The first-order chi connectivity index (χ1) is 8.34. The molecule has 1 heteroatoms. The molecule has 0 saturated heterocycles. The van der Waals surface area contributed by atoms with Crippen LogP contribution in [0.5, 0.6) is 0 Å². The summed E-state index contributed by atoms with van der Waals surface area (Å²) >= 11 is 0. The van der Waals surface area contributed by atoms with Gasteiger partial charge in [0.15, 0.2) is 0 Å². The Morgan fingerprint density at radius 1 is 1.12 bits per heavy atom. The summed E-state index contributed by atoms with van der Waals surface area (Å²) in [6.07, 6.45) is 8.89. The van der Waals surface area contributed by atoms with Crippen molar-refractivity contribution in [3.8, 4) is 0 Å². The monoisotopic (exact) mass is 228 g/mol. The smallest absolute Gasteiger partial charge is 0.0781 e. The van der Waals surface area contributed by atoms with E-state index in [-0.39, 0.29) is 6.10 Å². The van der Waals surface area contributed by atoms with E-state index in [1.165, 1.54) is 23.1 Å². The SMILES string of the molecule is OC(C1=CCCC1)C1CCc2ccccc2C1. The average Bonchev–Trinajstić information content (AvgIpc) is 2.91. The zero-order valence-electron chi connectivity index (χ0n) is 10.2. The van der Waals surface area contributed by atoms with E-state index in [4.69, 9.17) is 0 Å². The van der Waals surface area contributed by atoms with Crippen LogP contribution < -0.4 is 0 Å². The Morgan fingerprint density at radius 3 is 2.71 bits per heavy atom. The van der Waals surface area contributed by atoms with Crippen molar-refractivity contribution in [1.29, 1.82) is 0 Å². The fourth-order valence-electron chi connectivity index (χ4n) is 3.26. The molecule has 90 valence electrons. The Morgan fingerprint density at radius 2 is 1.94 bits per heavy atom.